The first-order valence-electron chi connectivity index (χ1n) is 9.56. The number of amides is 2. The van der Waals surface area contributed by atoms with Gasteiger partial charge in [-0.3, -0.25) is 9.59 Å². The number of sulfonamides is 1. The predicted molar refractivity (Wildman–Crippen MR) is 108 cm³/mol. The average molecular weight is 430 g/mol. The van der Waals surface area contributed by atoms with Gasteiger partial charge in [-0.15, -0.1) is 0 Å². The second-order valence-electron chi connectivity index (χ2n) is 7.17. The van der Waals surface area contributed by atoms with Crippen LogP contribution >= 0.6 is 0 Å². The molecule has 0 spiro atoms. The van der Waals surface area contributed by atoms with E-state index in [1.165, 1.54) is 12.1 Å². The van der Waals surface area contributed by atoms with E-state index in [0.29, 0.717) is 28.8 Å². The Morgan fingerprint density at radius 3 is 2.60 bits per heavy atom. The lowest BCUT2D eigenvalue weighted by molar-refractivity contribution is -0.132. The van der Waals surface area contributed by atoms with E-state index in [4.69, 9.17) is 9.47 Å². The molecule has 0 saturated carbocycles. The molecule has 2 amide bonds. The number of methoxy groups -OCH3 is 2. The summed E-state index contributed by atoms with van der Waals surface area (Å²) in [5, 5.41) is 0. The highest BCUT2D eigenvalue weighted by Gasteiger charge is 2.43. The van der Waals surface area contributed by atoms with Crippen LogP contribution in [0.3, 0.4) is 0 Å². The van der Waals surface area contributed by atoms with Gasteiger partial charge in [0.05, 0.1) is 25.8 Å². The first-order valence-corrected chi connectivity index (χ1v) is 11.0. The Balaban J connectivity index is 1.61. The van der Waals surface area contributed by atoms with E-state index in [1.807, 2.05) is 6.07 Å². The second kappa shape index (κ2) is 7.64. The van der Waals surface area contributed by atoms with E-state index in [1.54, 1.807) is 43.4 Å². The highest BCUT2D eigenvalue weighted by Crippen LogP contribution is 2.39. The van der Waals surface area contributed by atoms with Crippen molar-refractivity contribution in [2.24, 2.45) is 0 Å². The van der Waals surface area contributed by atoms with Crippen LogP contribution in [-0.4, -0.2) is 56.7 Å². The summed E-state index contributed by atoms with van der Waals surface area (Å²) >= 11 is 0. The van der Waals surface area contributed by atoms with Crippen molar-refractivity contribution in [3.63, 3.8) is 0 Å². The molecule has 0 bridgehead atoms. The van der Waals surface area contributed by atoms with Crippen LogP contribution in [-0.2, 0) is 14.8 Å². The maximum absolute atomic E-state index is 13.1. The lowest BCUT2D eigenvalue weighted by Crippen LogP contribution is -2.42. The van der Waals surface area contributed by atoms with Gasteiger partial charge in [0.15, 0.2) is 0 Å². The van der Waals surface area contributed by atoms with Gasteiger partial charge in [0.25, 0.3) is 15.9 Å². The summed E-state index contributed by atoms with van der Waals surface area (Å²) in [6.07, 6.45) is 1.47. The third-order valence-electron chi connectivity index (χ3n) is 5.56. The largest absolute Gasteiger partial charge is 0.497 e. The Labute approximate surface area is 175 Å². The van der Waals surface area contributed by atoms with E-state index >= 15 is 0 Å². The zero-order valence-corrected chi connectivity index (χ0v) is 17.5. The van der Waals surface area contributed by atoms with Crippen LogP contribution in [0.1, 0.15) is 34.8 Å². The molecule has 0 aliphatic carbocycles. The van der Waals surface area contributed by atoms with Gasteiger partial charge in [-0.25, -0.2) is 12.7 Å². The Morgan fingerprint density at radius 1 is 1.13 bits per heavy atom. The molecule has 0 radical (unpaired) electrons. The maximum atomic E-state index is 13.1. The molecule has 2 aromatic carbocycles. The summed E-state index contributed by atoms with van der Waals surface area (Å²) < 4.78 is 37.0. The Morgan fingerprint density at radius 2 is 1.90 bits per heavy atom. The van der Waals surface area contributed by atoms with Gasteiger partial charge in [0.1, 0.15) is 22.9 Å². The summed E-state index contributed by atoms with van der Waals surface area (Å²) in [5.41, 5.74) is 0.888. The fourth-order valence-electron chi connectivity index (χ4n) is 4.09. The van der Waals surface area contributed by atoms with Crippen LogP contribution in [0, 0.1) is 0 Å². The van der Waals surface area contributed by atoms with Crippen molar-refractivity contribution in [1.29, 1.82) is 0 Å². The van der Waals surface area contributed by atoms with Gasteiger partial charge in [0, 0.05) is 12.1 Å². The molecule has 1 unspecified atom stereocenters. The molecule has 30 heavy (non-hydrogen) atoms. The first-order chi connectivity index (χ1) is 14.4. The van der Waals surface area contributed by atoms with Crippen molar-refractivity contribution in [2.75, 3.05) is 27.3 Å². The molecule has 2 aromatic rings. The van der Waals surface area contributed by atoms with Crippen LogP contribution in [0.15, 0.2) is 47.4 Å². The molecule has 9 heteroatoms. The number of hydrogen-bond acceptors (Lipinski definition) is 6. The number of rotatable bonds is 5. The number of carbonyl (C=O) groups is 2. The number of hydrogen-bond donors (Lipinski definition) is 0. The minimum atomic E-state index is -4.03. The van der Waals surface area contributed by atoms with Crippen molar-refractivity contribution in [2.45, 2.75) is 23.8 Å². The maximum Gasteiger partial charge on any atom is 0.269 e. The third kappa shape index (κ3) is 3.19. The molecule has 158 valence electrons. The molecular weight excluding hydrogens is 408 g/mol. The van der Waals surface area contributed by atoms with Crippen LogP contribution in [0.5, 0.6) is 11.5 Å². The van der Waals surface area contributed by atoms with Gasteiger partial charge in [0.2, 0.25) is 5.91 Å². The zero-order valence-electron chi connectivity index (χ0n) is 16.7. The summed E-state index contributed by atoms with van der Waals surface area (Å²) in [6, 6.07) is 11.1. The van der Waals surface area contributed by atoms with Crippen molar-refractivity contribution in [3.05, 3.63) is 53.6 Å². The number of benzene rings is 2. The monoisotopic (exact) mass is 430 g/mol. The predicted octanol–water partition coefficient (Wildman–Crippen LogP) is 2.21. The van der Waals surface area contributed by atoms with Gasteiger partial charge >= 0.3 is 0 Å². The number of nitrogens with zero attached hydrogens (tertiary/aromatic N) is 2. The molecule has 1 fully saturated rings. The topological polar surface area (TPSA) is 93.2 Å². The van der Waals surface area contributed by atoms with Crippen LogP contribution in [0.25, 0.3) is 0 Å². The van der Waals surface area contributed by atoms with Gasteiger partial charge in [-0.1, -0.05) is 12.1 Å². The molecular formula is C21H22N2O6S. The molecule has 1 atom stereocenters. The minimum absolute atomic E-state index is 0.0600. The quantitative estimate of drug-likeness (QED) is 0.722. The highest BCUT2D eigenvalue weighted by molar-refractivity contribution is 7.90. The van der Waals surface area contributed by atoms with Crippen LogP contribution in [0.2, 0.25) is 0 Å². The van der Waals surface area contributed by atoms with Crippen molar-refractivity contribution >= 4 is 21.8 Å². The summed E-state index contributed by atoms with van der Waals surface area (Å²) in [4.78, 5) is 27.3. The standard InChI is InChI=1S/C21H22N2O6S/c1-28-14-9-10-18(29-2)16(12-14)17-7-5-11-22(17)20(24)13-23-21(25)15-6-3-4-8-19(15)30(23,26)27/h3-4,6,8-10,12,17H,5,7,11,13H2,1-2H3. The van der Waals surface area contributed by atoms with Gasteiger partial charge in [-0.2, -0.15) is 0 Å². The SMILES string of the molecule is COc1ccc(OC)c(C2CCCN2C(=O)CN2C(=O)c3ccccc3S2(=O)=O)c1. The van der Waals surface area contributed by atoms with Crippen molar-refractivity contribution in [3.8, 4) is 11.5 Å². The normalized spacial score (nSPS) is 19.7. The molecule has 2 heterocycles. The number of likely N-dealkylation sites (tertiary alicyclic amines) is 1. The summed E-state index contributed by atoms with van der Waals surface area (Å²) in [6.45, 7) is -0.0580. The first kappa shape index (κ1) is 20.2. The van der Waals surface area contributed by atoms with E-state index < -0.39 is 28.4 Å². The zero-order chi connectivity index (χ0) is 21.5. The number of carbonyl (C=O) groups excluding carboxylic acids is 2. The molecule has 2 aliphatic heterocycles. The fourth-order valence-corrected chi connectivity index (χ4v) is 5.61. The number of fused-ring (bicyclic) bond motifs is 1. The second-order valence-corrected chi connectivity index (χ2v) is 9.00. The van der Waals surface area contributed by atoms with E-state index in [2.05, 4.69) is 0 Å². The summed E-state index contributed by atoms with van der Waals surface area (Å²) in [7, 11) is -0.919. The molecule has 1 saturated heterocycles. The third-order valence-corrected chi connectivity index (χ3v) is 7.35. The van der Waals surface area contributed by atoms with E-state index in [9.17, 15) is 18.0 Å². The van der Waals surface area contributed by atoms with Crippen molar-refractivity contribution in [1.82, 2.24) is 9.21 Å². The minimum Gasteiger partial charge on any atom is -0.497 e. The lowest BCUT2D eigenvalue weighted by atomic mass is 10.0. The Bertz CT molecular complexity index is 1110. The summed E-state index contributed by atoms with van der Waals surface area (Å²) in [5.74, 6) is 0.163. The molecule has 0 aromatic heterocycles. The van der Waals surface area contributed by atoms with E-state index in [-0.39, 0.29) is 16.5 Å². The van der Waals surface area contributed by atoms with Crippen molar-refractivity contribution < 1.29 is 27.5 Å². The molecule has 8 nitrogen and oxygen atoms in total. The molecule has 0 N–H and O–H groups in total. The van der Waals surface area contributed by atoms with Gasteiger partial charge < -0.3 is 14.4 Å². The fraction of sp³-hybridized carbons (Fsp3) is 0.333. The lowest BCUT2D eigenvalue weighted by Gasteiger charge is -2.28. The highest BCUT2D eigenvalue weighted by atomic mass is 32.2. The van der Waals surface area contributed by atoms with Crippen LogP contribution in [0.4, 0.5) is 0 Å². The number of ether oxygens (including phenoxy) is 2. The Kier molecular flexibility index (Phi) is 5.15. The van der Waals surface area contributed by atoms with Gasteiger partial charge in [-0.05, 0) is 43.2 Å². The average Bonchev–Trinajstić information content (AvgIpc) is 3.32. The van der Waals surface area contributed by atoms with E-state index in [0.717, 1.165) is 12.0 Å². The van der Waals surface area contributed by atoms with Crippen LogP contribution < -0.4 is 9.47 Å². The smallest absolute Gasteiger partial charge is 0.269 e. The molecule has 4 rings (SSSR count). The Hall–Kier alpha value is -3.07. The molecule has 2 aliphatic rings.